The minimum Gasteiger partial charge on any atom is -0.356 e. The van der Waals surface area contributed by atoms with Gasteiger partial charge in [-0.2, -0.15) is 0 Å². The second-order valence-corrected chi connectivity index (χ2v) is 6.63. The fourth-order valence-electron chi connectivity index (χ4n) is 2.80. The Labute approximate surface area is 151 Å². The highest BCUT2D eigenvalue weighted by molar-refractivity contribution is 14.0. The molecule has 1 saturated carbocycles. The summed E-state index contributed by atoms with van der Waals surface area (Å²) in [6.45, 7) is 6.66. The number of halogens is 1. The molecule has 0 radical (unpaired) electrons. The van der Waals surface area contributed by atoms with Gasteiger partial charge in [-0.05, 0) is 25.2 Å². The number of hydrogen-bond donors (Lipinski definition) is 2. The topological polar surface area (TPSA) is 56.7 Å². The summed E-state index contributed by atoms with van der Waals surface area (Å²) in [6.07, 6.45) is 6.05. The molecule has 5 nitrogen and oxygen atoms in total. The quantitative estimate of drug-likeness (QED) is 0.406. The first-order valence-corrected chi connectivity index (χ1v) is 8.36. The monoisotopic (exact) mass is 422 g/mol. The average molecular weight is 422 g/mol. The van der Waals surface area contributed by atoms with Crippen LogP contribution in [-0.2, 0) is 4.79 Å². The third-order valence-corrected chi connectivity index (χ3v) is 4.41. The molecule has 2 aliphatic rings. The van der Waals surface area contributed by atoms with Gasteiger partial charge in [0.2, 0.25) is 5.91 Å². The van der Waals surface area contributed by atoms with Crippen LogP contribution in [-0.4, -0.2) is 49.5 Å². The molecular formula is C16H31IN4O. The fourth-order valence-corrected chi connectivity index (χ4v) is 2.80. The highest BCUT2D eigenvalue weighted by Crippen LogP contribution is 2.31. The second kappa shape index (κ2) is 9.57. The Balaban J connectivity index is 0.00000242. The highest BCUT2D eigenvalue weighted by atomic mass is 127. The second-order valence-electron chi connectivity index (χ2n) is 6.63. The van der Waals surface area contributed by atoms with Crippen LogP contribution in [0.25, 0.3) is 0 Å². The fraction of sp³-hybridized carbons (Fsp3) is 0.875. The number of piperidine rings is 1. The lowest BCUT2D eigenvalue weighted by Crippen LogP contribution is -2.50. The molecule has 0 aromatic heterocycles. The van der Waals surface area contributed by atoms with Crippen LogP contribution in [0.4, 0.5) is 0 Å². The number of carbonyl (C=O) groups excluding carboxylic acids is 1. The Bertz CT molecular complexity index is 374. The van der Waals surface area contributed by atoms with Crippen molar-refractivity contribution in [3.8, 4) is 0 Å². The molecule has 0 aromatic rings. The molecule has 0 atom stereocenters. The summed E-state index contributed by atoms with van der Waals surface area (Å²) >= 11 is 0. The first-order valence-electron chi connectivity index (χ1n) is 8.36. The van der Waals surface area contributed by atoms with Gasteiger partial charge in [0.15, 0.2) is 5.96 Å². The van der Waals surface area contributed by atoms with Gasteiger partial charge in [-0.25, -0.2) is 0 Å². The lowest BCUT2D eigenvalue weighted by Gasteiger charge is -2.34. The van der Waals surface area contributed by atoms with E-state index in [2.05, 4.69) is 15.6 Å². The molecule has 0 bridgehead atoms. The highest BCUT2D eigenvalue weighted by Gasteiger charge is 2.25. The van der Waals surface area contributed by atoms with Crippen LogP contribution in [0, 0.1) is 11.8 Å². The number of rotatable bonds is 5. The average Bonchev–Trinajstić information content (AvgIpc) is 3.30. The summed E-state index contributed by atoms with van der Waals surface area (Å²) in [6, 6.07) is 0.424. The van der Waals surface area contributed by atoms with Crippen LogP contribution in [0.15, 0.2) is 4.99 Å². The summed E-state index contributed by atoms with van der Waals surface area (Å²) in [7, 11) is 1.82. The number of likely N-dealkylation sites (tertiary alicyclic amines) is 1. The van der Waals surface area contributed by atoms with Gasteiger partial charge in [0.1, 0.15) is 0 Å². The lowest BCUT2D eigenvalue weighted by molar-refractivity contribution is -0.135. The summed E-state index contributed by atoms with van der Waals surface area (Å²) < 4.78 is 0. The van der Waals surface area contributed by atoms with Crippen molar-refractivity contribution >= 4 is 35.8 Å². The van der Waals surface area contributed by atoms with Gasteiger partial charge in [0.25, 0.3) is 0 Å². The van der Waals surface area contributed by atoms with Gasteiger partial charge in [0.05, 0.1) is 0 Å². The van der Waals surface area contributed by atoms with Gasteiger partial charge in [0, 0.05) is 38.6 Å². The van der Waals surface area contributed by atoms with Crippen molar-refractivity contribution < 1.29 is 4.79 Å². The molecule has 1 amide bonds. The number of hydrogen-bond acceptors (Lipinski definition) is 2. The third-order valence-electron chi connectivity index (χ3n) is 4.41. The van der Waals surface area contributed by atoms with Crippen molar-refractivity contribution in [2.45, 2.75) is 52.0 Å². The van der Waals surface area contributed by atoms with Gasteiger partial charge in [-0.1, -0.05) is 26.7 Å². The van der Waals surface area contributed by atoms with Crippen molar-refractivity contribution in [3.05, 3.63) is 0 Å². The maximum absolute atomic E-state index is 12.0. The summed E-state index contributed by atoms with van der Waals surface area (Å²) in [5.74, 6) is 2.23. The Morgan fingerprint density at radius 1 is 1.23 bits per heavy atom. The van der Waals surface area contributed by atoms with Crippen LogP contribution >= 0.6 is 24.0 Å². The Morgan fingerprint density at radius 3 is 2.36 bits per heavy atom. The molecule has 1 heterocycles. The molecule has 6 heteroatoms. The number of amides is 1. The van der Waals surface area contributed by atoms with E-state index in [-0.39, 0.29) is 35.8 Å². The van der Waals surface area contributed by atoms with E-state index in [9.17, 15) is 4.79 Å². The van der Waals surface area contributed by atoms with Gasteiger partial charge >= 0.3 is 0 Å². The predicted molar refractivity (Wildman–Crippen MR) is 102 cm³/mol. The van der Waals surface area contributed by atoms with Crippen molar-refractivity contribution in [1.82, 2.24) is 15.5 Å². The minimum atomic E-state index is 0. The zero-order valence-corrected chi connectivity index (χ0v) is 16.4. The molecule has 1 saturated heterocycles. The van der Waals surface area contributed by atoms with E-state index in [1.807, 2.05) is 25.8 Å². The van der Waals surface area contributed by atoms with Crippen LogP contribution in [0.3, 0.4) is 0 Å². The first kappa shape index (κ1) is 19.5. The van der Waals surface area contributed by atoms with E-state index in [0.29, 0.717) is 6.04 Å². The lowest BCUT2D eigenvalue weighted by atomic mass is 10.0. The third kappa shape index (κ3) is 6.30. The van der Waals surface area contributed by atoms with Crippen LogP contribution in [0.1, 0.15) is 46.0 Å². The number of guanidine groups is 1. The van der Waals surface area contributed by atoms with Gasteiger partial charge in [-0.3, -0.25) is 9.79 Å². The van der Waals surface area contributed by atoms with Crippen LogP contribution < -0.4 is 10.6 Å². The molecule has 1 aliphatic heterocycles. The molecule has 1 aliphatic carbocycles. The van der Waals surface area contributed by atoms with Crippen molar-refractivity contribution in [2.24, 2.45) is 16.8 Å². The molecule has 22 heavy (non-hydrogen) atoms. The molecular weight excluding hydrogens is 391 g/mol. The van der Waals surface area contributed by atoms with Gasteiger partial charge in [-0.15, -0.1) is 24.0 Å². The van der Waals surface area contributed by atoms with Gasteiger partial charge < -0.3 is 15.5 Å². The summed E-state index contributed by atoms with van der Waals surface area (Å²) in [4.78, 5) is 18.3. The van der Waals surface area contributed by atoms with Crippen LogP contribution in [0.2, 0.25) is 0 Å². The van der Waals surface area contributed by atoms with E-state index < -0.39 is 0 Å². The largest absolute Gasteiger partial charge is 0.356 e. The Kier molecular flexibility index (Phi) is 8.49. The molecule has 128 valence electrons. The number of nitrogens with one attached hydrogen (secondary N) is 2. The first-order chi connectivity index (χ1) is 10.1. The Hall–Kier alpha value is -0.530. The maximum Gasteiger partial charge on any atom is 0.225 e. The standard InChI is InChI=1S/C16H30N4O.HI/c1-12(2)15(21)20-10-7-14(8-11-20)19-16(17-3)18-9-6-13-4-5-13;/h12-14H,4-11H2,1-3H3,(H2,17,18,19);1H. The smallest absolute Gasteiger partial charge is 0.225 e. The minimum absolute atomic E-state index is 0. The normalized spacial score (nSPS) is 19.8. The van der Waals surface area contributed by atoms with E-state index in [1.165, 1.54) is 19.3 Å². The molecule has 2 N–H and O–H groups in total. The summed E-state index contributed by atoms with van der Waals surface area (Å²) in [5, 5.41) is 6.89. The SMILES string of the molecule is CN=C(NCCC1CC1)NC1CCN(C(=O)C(C)C)CC1.I. The van der Waals surface area contributed by atoms with E-state index in [4.69, 9.17) is 0 Å². The summed E-state index contributed by atoms with van der Waals surface area (Å²) in [5.41, 5.74) is 0. The number of carbonyl (C=O) groups is 1. The molecule has 0 spiro atoms. The van der Waals surface area contributed by atoms with Crippen LogP contribution in [0.5, 0.6) is 0 Å². The molecule has 0 unspecified atom stereocenters. The molecule has 2 rings (SSSR count). The number of nitrogens with zero attached hydrogens (tertiary/aromatic N) is 2. The maximum atomic E-state index is 12.0. The Morgan fingerprint density at radius 2 is 1.86 bits per heavy atom. The molecule has 2 fully saturated rings. The van der Waals surface area contributed by atoms with E-state index in [0.717, 1.165) is 44.4 Å². The zero-order chi connectivity index (χ0) is 15.2. The van der Waals surface area contributed by atoms with Crippen molar-refractivity contribution in [1.29, 1.82) is 0 Å². The van der Waals surface area contributed by atoms with Crippen molar-refractivity contribution in [3.63, 3.8) is 0 Å². The van der Waals surface area contributed by atoms with E-state index in [1.54, 1.807) is 0 Å². The van der Waals surface area contributed by atoms with Crippen molar-refractivity contribution in [2.75, 3.05) is 26.7 Å². The molecule has 0 aromatic carbocycles. The zero-order valence-electron chi connectivity index (χ0n) is 14.1. The van der Waals surface area contributed by atoms with E-state index >= 15 is 0 Å². The predicted octanol–water partition coefficient (Wildman–Crippen LogP) is 2.22. The number of aliphatic imine (C=N–C) groups is 1.